The molecule has 9 nitrogen and oxygen atoms in total. The van der Waals surface area contributed by atoms with Gasteiger partial charge in [-0.1, -0.05) is 40.2 Å². The molecule has 0 unspecified atom stereocenters. The third kappa shape index (κ3) is 5.84. The zero-order valence-electron chi connectivity index (χ0n) is 22.7. The number of nitrogens with one attached hydrogen (secondary N) is 2. The number of alkyl halides is 2. The van der Waals surface area contributed by atoms with E-state index in [1.54, 1.807) is 23.6 Å². The number of hydrogen-bond acceptors (Lipinski definition) is 7. The molecule has 4 aromatic heterocycles. The fourth-order valence-corrected chi connectivity index (χ4v) is 5.84. The van der Waals surface area contributed by atoms with Crippen molar-refractivity contribution in [3.8, 4) is 11.3 Å². The topological polar surface area (TPSA) is 115 Å². The predicted octanol–water partition coefficient (Wildman–Crippen LogP) is 6.07. The van der Waals surface area contributed by atoms with Crippen LogP contribution in [0.2, 0.25) is 0 Å². The maximum atomic E-state index is 13.7. The second-order valence-corrected chi connectivity index (χ2v) is 10.9. The number of fused-ring (bicyclic) bond motifs is 1. The van der Waals surface area contributed by atoms with Gasteiger partial charge in [0.05, 0.1) is 17.1 Å². The van der Waals surface area contributed by atoms with Gasteiger partial charge in [0.1, 0.15) is 12.0 Å². The number of nitrogens with zero attached hydrogens (tertiary/aromatic N) is 5. The van der Waals surface area contributed by atoms with Crippen LogP contribution in [0.25, 0.3) is 22.2 Å². The summed E-state index contributed by atoms with van der Waals surface area (Å²) in [5.41, 5.74) is 6.90. The summed E-state index contributed by atoms with van der Waals surface area (Å²) in [5, 5.41) is 23.7. The van der Waals surface area contributed by atoms with Crippen LogP contribution in [0.15, 0.2) is 70.8 Å². The van der Waals surface area contributed by atoms with E-state index in [1.165, 1.54) is 17.4 Å². The van der Waals surface area contributed by atoms with E-state index in [2.05, 4.69) is 59.9 Å². The molecule has 214 valence electrons. The Morgan fingerprint density at radius 1 is 1.10 bits per heavy atom. The lowest BCUT2D eigenvalue weighted by molar-refractivity contribution is 0.0950. The number of H-pyrrole nitrogens is 1. The van der Waals surface area contributed by atoms with E-state index in [0.717, 1.165) is 45.5 Å². The number of aromatic amines is 1. The van der Waals surface area contributed by atoms with Crippen molar-refractivity contribution in [2.24, 2.45) is 0 Å². The van der Waals surface area contributed by atoms with Crippen molar-refractivity contribution in [1.82, 2.24) is 35.7 Å². The number of benzene rings is 2. The fraction of sp³-hybridized carbons (Fsp3) is 0.233. The van der Waals surface area contributed by atoms with Crippen LogP contribution in [0.3, 0.4) is 0 Å². The lowest BCUT2D eigenvalue weighted by Gasteiger charge is -2.11. The molecule has 0 fully saturated rings. The first kappa shape index (κ1) is 27.5. The molecule has 2 N–H and O–H groups in total. The molecule has 0 bridgehead atoms. The molecule has 0 aliphatic carbocycles. The van der Waals surface area contributed by atoms with Crippen LogP contribution >= 0.6 is 11.3 Å². The van der Waals surface area contributed by atoms with Crippen molar-refractivity contribution in [2.75, 3.05) is 0 Å². The molecular weight excluding hydrogens is 560 g/mol. The summed E-state index contributed by atoms with van der Waals surface area (Å²) in [5.74, 6) is 0.299. The maximum absolute atomic E-state index is 13.7. The van der Waals surface area contributed by atoms with Crippen molar-refractivity contribution >= 4 is 28.1 Å². The summed E-state index contributed by atoms with van der Waals surface area (Å²) in [6, 6.07) is 17.2. The average molecular weight is 588 g/mol. The van der Waals surface area contributed by atoms with Crippen molar-refractivity contribution in [3.63, 3.8) is 0 Å². The van der Waals surface area contributed by atoms with Crippen LogP contribution in [0.4, 0.5) is 8.78 Å². The van der Waals surface area contributed by atoms with E-state index in [0.29, 0.717) is 36.5 Å². The highest BCUT2D eigenvalue weighted by Crippen LogP contribution is 2.39. The molecular formula is C30H27F2N7O2S. The summed E-state index contributed by atoms with van der Waals surface area (Å²) >= 11 is 1.04. The van der Waals surface area contributed by atoms with Crippen LogP contribution in [0.5, 0.6) is 0 Å². The highest BCUT2D eigenvalue weighted by Gasteiger charge is 2.23. The molecule has 0 radical (unpaired) electrons. The van der Waals surface area contributed by atoms with Gasteiger partial charge in [-0.2, -0.15) is 5.21 Å². The van der Waals surface area contributed by atoms with Crippen molar-refractivity contribution < 1.29 is 18.1 Å². The number of tetrazole rings is 1. The molecule has 1 amide bonds. The Balaban J connectivity index is 1.44. The zero-order chi connectivity index (χ0) is 29.1. The van der Waals surface area contributed by atoms with Crippen LogP contribution in [-0.2, 0) is 32.4 Å². The number of aryl methyl sites for hydroxylation is 5. The van der Waals surface area contributed by atoms with Gasteiger partial charge in [0.25, 0.3) is 12.3 Å². The Kier molecular flexibility index (Phi) is 7.87. The Morgan fingerprint density at radius 2 is 1.95 bits per heavy atom. The Labute approximate surface area is 243 Å². The molecule has 0 atom stereocenters. The first-order chi connectivity index (χ1) is 20.5. The lowest BCUT2D eigenvalue weighted by Crippen LogP contribution is -2.22. The Morgan fingerprint density at radius 3 is 2.67 bits per heavy atom. The van der Waals surface area contributed by atoms with Crippen LogP contribution in [-0.4, -0.2) is 36.3 Å². The second kappa shape index (κ2) is 12.0. The maximum Gasteiger partial charge on any atom is 0.272 e. The smallest absolute Gasteiger partial charge is 0.272 e. The van der Waals surface area contributed by atoms with Crippen molar-refractivity contribution in [3.05, 3.63) is 105 Å². The highest BCUT2D eigenvalue weighted by atomic mass is 32.1. The van der Waals surface area contributed by atoms with Gasteiger partial charge in [-0.25, -0.2) is 8.78 Å². The lowest BCUT2D eigenvalue weighted by atomic mass is 9.98. The summed E-state index contributed by atoms with van der Waals surface area (Å²) in [6.45, 7) is 2.77. The summed E-state index contributed by atoms with van der Waals surface area (Å²) in [4.78, 5) is 13.2. The van der Waals surface area contributed by atoms with Crippen LogP contribution in [0.1, 0.15) is 49.9 Å². The molecule has 42 heavy (non-hydrogen) atoms. The summed E-state index contributed by atoms with van der Waals surface area (Å²) in [7, 11) is 0. The van der Waals surface area contributed by atoms with E-state index in [9.17, 15) is 13.6 Å². The molecule has 2 aromatic carbocycles. The van der Waals surface area contributed by atoms with E-state index < -0.39 is 6.43 Å². The second-order valence-electron chi connectivity index (χ2n) is 9.99. The van der Waals surface area contributed by atoms with Crippen molar-refractivity contribution in [2.45, 2.75) is 45.7 Å². The van der Waals surface area contributed by atoms with Crippen LogP contribution in [0, 0.1) is 6.92 Å². The third-order valence-electron chi connectivity index (χ3n) is 7.19. The van der Waals surface area contributed by atoms with Gasteiger partial charge >= 0.3 is 0 Å². The molecule has 0 aliphatic rings. The first-order valence-electron chi connectivity index (χ1n) is 13.4. The minimum absolute atomic E-state index is 0.0115. The SMILES string of the molecule is Cc1ccc(CCc2c(-c3csc(C(F)F)c3)n(CCc3nn[nH]n3)c3ccc(C(=O)NCc4ccon4)cc23)cc1. The minimum Gasteiger partial charge on any atom is -0.364 e. The summed E-state index contributed by atoms with van der Waals surface area (Å²) < 4.78 is 34.3. The monoisotopic (exact) mass is 587 g/mol. The largest absolute Gasteiger partial charge is 0.364 e. The van der Waals surface area contributed by atoms with Gasteiger partial charge in [-0.3, -0.25) is 4.79 Å². The van der Waals surface area contributed by atoms with Gasteiger partial charge in [-0.15, -0.1) is 21.5 Å². The molecule has 0 aliphatic heterocycles. The van der Waals surface area contributed by atoms with E-state index in [-0.39, 0.29) is 17.3 Å². The summed E-state index contributed by atoms with van der Waals surface area (Å²) in [6.07, 6.45) is 0.768. The first-order valence-corrected chi connectivity index (χ1v) is 14.3. The average Bonchev–Trinajstić information content (AvgIpc) is 3.81. The normalized spacial score (nSPS) is 11.5. The number of amides is 1. The zero-order valence-corrected chi connectivity index (χ0v) is 23.5. The van der Waals surface area contributed by atoms with Gasteiger partial charge in [0, 0.05) is 46.4 Å². The van der Waals surface area contributed by atoms with E-state index >= 15 is 0 Å². The molecule has 0 saturated heterocycles. The predicted molar refractivity (Wildman–Crippen MR) is 154 cm³/mol. The standard InChI is InChI=1S/C30H27F2N7O2S/c1-18-2-4-19(5-3-18)6-8-23-24-14-20(30(40)33-16-22-11-13-41-36-22)7-9-25(24)39(12-10-27-34-37-38-35-27)28(23)21-15-26(29(31)32)42-17-21/h2-5,7,9,11,13-15,17,29H,6,8,10,12,16H2,1H3,(H,33,40)(H,34,35,37,38). The van der Waals surface area contributed by atoms with E-state index in [4.69, 9.17) is 4.52 Å². The molecule has 0 saturated carbocycles. The number of thiophene rings is 1. The quantitative estimate of drug-likeness (QED) is 0.190. The molecule has 4 heterocycles. The van der Waals surface area contributed by atoms with Gasteiger partial charge in [0.15, 0.2) is 5.82 Å². The number of halogens is 2. The Hall–Kier alpha value is -4.71. The van der Waals surface area contributed by atoms with Crippen molar-refractivity contribution in [1.29, 1.82) is 0 Å². The number of hydrogen-bond donors (Lipinski definition) is 2. The molecule has 0 spiro atoms. The number of aromatic nitrogens is 6. The van der Waals surface area contributed by atoms with Gasteiger partial charge in [0.2, 0.25) is 0 Å². The minimum atomic E-state index is -2.56. The highest BCUT2D eigenvalue weighted by molar-refractivity contribution is 7.10. The fourth-order valence-electron chi connectivity index (χ4n) is 5.10. The number of carbonyl (C=O) groups is 1. The van der Waals surface area contributed by atoms with Crippen LogP contribution < -0.4 is 5.32 Å². The Bertz CT molecular complexity index is 1790. The number of carbonyl (C=O) groups excluding carboxylic acids is 1. The number of rotatable bonds is 11. The molecule has 6 aromatic rings. The molecule has 12 heteroatoms. The van der Waals surface area contributed by atoms with E-state index in [1.807, 2.05) is 19.1 Å². The third-order valence-corrected chi connectivity index (χ3v) is 8.13. The van der Waals surface area contributed by atoms with Gasteiger partial charge in [-0.05, 0) is 55.2 Å². The molecule has 6 rings (SSSR count). The van der Waals surface area contributed by atoms with Gasteiger partial charge < -0.3 is 14.4 Å².